The van der Waals surface area contributed by atoms with Crippen molar-refractivity contribution in [3.8, 4) is 17.0 Å². The molecule has 0 saturated heterocycles. The third-order valence-corrected chi connectivity index (χ3v) is 4.02. The number of nitrogens with two attached hydrogens (primary N) is 1. The number of benzene rings is 2. The van der Waals surface area contributed by atoms with E-state index in [0.717, 1.165) is 16.9 Å². The fourth-order valence-corrected chi connectivity index (χ4v) is 2.56. The Morgan fingerprint density at radius 3 is 2.62 bits per heavy atom. The molecular formula is C20H21N3O3. The number of hydrogen-bond acceptors (Lipinski definition) is 5. The lowest BCUT2D eigenvalue weighted by Crippen LogP contribution is -2.41. The second kappa shape index (κ2) is 8.31. The van der Waals surface area contributed by atoms with Crippen molar-refractivity contribution in [1.29, 1.82) is 0 Å². The summed E-state index contributed by atoms with van der Waals surface area (Å²) in [5.41, 5.74) is 8.60. The van der Waals surface area contributed by atoms with Gasteiger partial charge in [-0.05, 0) is 36.2 Å². The molecule has 3 aromatic rings. The minimum Gasteiger partial charge on any atom is -0.497 e. The van der Waals surface area contributed by atoms with Gasteiger partial charge >= 0.3 is 0 Å². The van der Waals surface area contributed by atoms with E-state index in [9.17, 15) is 4.79 Å². The van der Waals surface area contributed by atoms with E-state index in [2.05, 4.69) is 10.5 Å². The van der Waals surface area contributed by atoms with Crippen molar-refractivity contribution in [2.24, 2.45) is 5.73 Å². The van der Waals surface area contributed by atoms with Crippen LogP contribution in [-0.2, 0) is 17.8 Å². The minimum absolute atomic E-state index is 0.226. The van der Waals surface area contributed by atoms with Gasteiger partial charge in [-0.1, -0.05) is 35.5 Å². The molecule has 0 fully saturated rings. The van der Waals surface area contributed by atoms with E-state index < -0.39 is 6.04 Å². The number of nitrogens with zero attached hydrogens (tertiary/aromatic N) is 1. The van der Waals surface area contributed by atoms with Gasteiger partial charge in [-0.2, -0.15) is 0 Å². The predicted octanol–water partition coefficient (Wildman–Crippen LogP) is 2.54. The molecule has 6 nitrogen and oxygen atoms in total. The third kappa shape index (κ3) is 4.49. The van der Waals surface area contributed by atoms with Gasteiger partial charge in [-0.25, -0.2) is 0 Å². The molecule has 1 aromatic heterocycles. The largest absolute Gasteiger partial charge is 0.497 e. The summed E-state index contributed by atoms with van der Waals surface area (Å²) in [4.78, 5) is 12.2. The summed E-state index contributed by atoms with van der Waals surface area (Å²) < 4.78 is 10.4. The van der Waals surface area contributed by atoms with E-state index in [1.807, 2.05) is 54.6 Å². The first-order valence-electron chi connectivity index (χ1n) is 8.33. The Morgan fingerprint density at radius 2 is 1.92 bits per heavy atom. The average Bonchev–Trinajstić information content (AvgIpc) is 3.16. The summed E-state index contributed by atoms with van der Waals surface area (Å²) in [5.74, 6) is 1.12. The lowest BCUT2D eigenvalue weighted by molar-refractivity contribution is -0.122. The van der Waals surface area contributed by atoms with Crippen LogP contribution >= 0.6 is 0 Å². The van der Waals surface area contributed by atoms with E-state index in [4.69, 9.17) is 15.0 Å². The number of methoxy groups -OCH3 is 1. The second-order valence-electron chi connectivity index (χ2n) is 5.92. The Hall–Kier alpha value is -3.12. The number of carbonyl (C=O) groups excluding carboxylic acids is 1. The van der Waals surface area contributed by atoms with E-state index in [0.29, 0.717) is 17.9 Å². The molecule has 0 aliphatic carbocycles. The molecule has 2 aromatic carbocycles. The Balaban J connectivity index is 1.54. The highest BCUT2D eigenvalue weighted by atomic mass is 16.5. The van der Waals surface area contributed by atoms with Crippen molar-refractivity contribution in [1.82, 2.24) is 10.5 Å². The summed E-state index contributed by atoms with van der Waals surface area (Å²) in [5, 5.41) is 6.82. The van der Waals surface area contributed by atoms with Crippen LogP contribution in [0.15, 0.2) is 65.2 Å². The topological polar surface area (TPSA) is 90.4 Å². The van der Waals surface area contributed by atoms with E-state index >= 15 is 0 Å². The van der Waals surface area contributed by atoms with Crippen molar-refractivity contribution in [2.45, 2.75) is 19.0 Å². The number of nitrogens with one attached hydrogen (secondary N) is 1. The quantitative estimate of drug-likeness (QED) is 0.683. The van der Waals surface area contributed by atoms with Gasteiger partial charge in [0, 0.05) is 11.6 Å². The highest BCUT2D eigenvalue weighted by molar-refractivity contribution is 5.81. The first-order valence-corrected chi connectivity index (χ1v) is 8.33. The zero-order chi connectivity index (χ0) is 18.4. The lowest BCUT2D eigenvalue weighted by Gasteiger charge is -2.11. The molecule has 1 atom stereocenters. The number of rotatable bonds is 7. The van der Waals surface area contributed by atoms with Crippen LogP contribution in [0.4, 0.5) is 0 Å². The first kappa shape index (κ1) is 17.7. The van der Waals surface area contributed by atoms with Gasteiger partial charge in [0.25, 0.3) is 0 Å². The minimum atomic E-state index is -0.610. The van der Waals surface area contributed by atoms with Crippen LogP contribution in [0.3, 0.4) is 0 Å². The number of aromatic nitrogens is 1. The van der Waals surface area contributed by atoms with Crippen molar-refractivity contribution in [3.05, 3.63) is 72.0 Å². The Kier molecular flexibility index (Phi) is 5.66. The number of carbonyl (C=O) groups is 1. The smallest absolute Gasteiger partial charge is 0.237 e. The monoisotopic (exact) mass is 351 g/mol. The maximum absolute atomic E-state index is 12.2. The van der Waals surface area contributed by atoms with Crippen LogP contribution in [0.25, 0.3) is 11.3 Å². The fourth-order valence-electron chi connectivity index (χ4n) is 2.56. The number of ether oxygens (including phenoxy) is 1. The molecular weight excluding hydrogens is 330 g/mol. The molecule has 0 spiro atoms. The molecule has 0 unspecified atom stereocenters. The summed E-state index contributed by atoms with van der Waals surface area (Å²) in [7, 11) is 1.62. The van der Waals surface area contributed by atoms with Crippen molar-refractivity contribution < 1.29 is 14.1 Å². The van der Waals surface area contributed by atoms with Gasteiger partial charge in [0.1, 0.15) is 11.4 Å². The van der Waals surface area contributed by atoms with E-state index in [-0.39, 0.29) is 12.5 Å². The number of hydrogen-bond donors (Lipinski definition) is 2. The Labute approximate surface area is 152 Å². The molecule has 0 radical (unpaired) electrons. The van der Waals surface area contributed by atoms with Crippen molar-refractivity contribution in [3.63, 3.8) is 0 Å². The van der Waals surface area contributed by atoms with Crippen LogP contribution in [0, 0.1) is 0 Å². The van der Waals surface area contributed by atoms with Gasteiger partial charge in [0.05, 0.1) is 19.7 Å². The van der Waals surface area contributed by atoms with Crippen LogP contribution in [-0.4, -0.2) is 24.2 Å². The van der Waals surface area contributed by atoms with Crippen LogP contribution < -0.4 is 15.8 Å². The van der Waals surface area contributed by atoms with Gasteiger partial charge in [0.15, 0.2) is 5.76 Å². The maximum atomic E-state index is 12.2. The van der Waals surface area contributed by atoms with Gasteiger partial charge in [-0.3, -0.25) is 4.79 Å². The molecule has 0 aliphatic rings. The van der Waals surface area contributed by atoms with Crippen LogP contribution in [0.1, 0.15) is 11.3 Å². The molecule has 0 bridgehead atoms. The van der Waals surface area contributed by atoms with E-state index in [1.165, 1.54) is 0 Å². The molecule has 3 N–H and O–H groups in total. The van der Waals surface area contributed by atoms with Crippen LogP contribution in [0.5, 0.6) is 5.75 Å². The van der Waals surface area contributed by atoms with Crippen molar-refractivity contribution >= 4 is 5.91 Å². The number of amides is 1. The molecule has 3 rings (SSSR count). The van der Waals surface area contributed by atoms with Gasteiger partial charge in [0.2, 0.25) is 5.91 Å². The van der Waals surface area contributed by atoms with Gasteiger partial charge < -0.3 is 20.3 Å². The average molecular weight is 351 g/mol. The first-order chi connectivity index (χ1) is 12.7. The summed E-state index contributed by atoms with van der Waals surface area (Å²) in [6.45, 7) is 0.241. The molecule has 0 aliphatic heterocycles. The van der Waals surface area contributed by atoms with Crippen molar-refractivity contribution in [2.75, 3.05) is 7.11 Å². The summed E-state index contributed by atoms with van der Waals surface area (Å²) in [6.07, 6.45) is 0.486. The molecule has 6 heteroatoms. The Morgan fingerprint density at radius 1 is 1.19 bits per heavy atom. The van der Waals surface area contributed by atoms with Gasteiger partial charge in [-0.15, -0.1) is 0 Å². The fraction of sp³-hybridized carbons (Fsp3) is 0.200. The molecule has 0 saturated carbocycles. The molecule has 26 heavy (non-hydrogen) atoms. The molecule has 1 heterocycles. The summed E-state index contributed by atoms with van der Waals surface area (Å²) in [6, 6.07) is 18.4. The SMILES string of the molecule is COc1ccc(-c2cc(CNC(=O)[C@@H](N)Cc3ccccc3)on2)cc1. The highest BCUT2D eigenvalue weighted by Crippen LogP contribution is 2.22. The third-order valence-electron chi connectivity index (χ3n) is 4.02. The Bertz CT molecular complexity index is 844. The normalized spacial score (nSPS) is 11.8. The van der Waals surface area contributed by atoms with E-state index in [1.54, 1.807) is 13.2 Å². The zero-order valence-corrected chi connectivity index (χ0v) is 14.5. The second-order valence-corrected chi connectivity index (χ2v) is 5.92. The summed E-state index contributed by atoms with van der Waals surface area (Å²) >= 11 is 0. The standard InChI is InChI=1S/C20H21N3O3/c1-25-16-9-7-15(8-10-16)19-12-17(26-23-19)13-22-20(24)18(21)11-14-5-3-2-4-6-14/h2-10,12,18H,11,13,21H2,1H3,(H,22,24)/t18-/m0/s1. The lowest BCUT2D eigenvalue weighted by atomic mass is 10.1. The highest BCUT2D eigenvalue weighted by Gasteiger charge is 2.15. The maximum Gasteiger partial charge on any atom is 0.237 e. The van der Waals surface area contributed by atoms with Crippen LogP contribution in [0.2, 0.25) is 0 Å². The molecule has 1 amide bonds. The molecule has 134 valence electrons. The predicted molar refractivity (Wildman–Crippen MR) is 98.5 cm³/mol. The zero-order valence-electron chi connectivity index (χ0n) is 14.5.